The molecule has 236 valence electrons. The summed E-state index contributed by atoms with van der Waals surface area (Å²) in [7, 11) is 0. The van der Waals surface area contributed by atoms with Crippen LogP contribution < -0.4 is 0 Å². The molecule has 0 N–H and O–H groups in total. The Balaban J connectivity index is 1.03. The molecule has 3 saturated heterocycles. The van der Waals surface area contributed by atoms with E-state index in [2.05, 4.69) is 24.3 Å². The monoisotopic (exact) mass is 604 g/mol. The van der Waals surface area contributed by atoms with Gasteiger partial charge in [0, 0.05) is 26.2 Å². The molecule has 4 aliphatic carbocycles. The Kier molecular flexibility index (Phi) is 7.52. The lowest BCUT2D eigenvalue weighted by atomic mass is 9.85. The third-order valence-corrected chi connectivity index (χ3v) is 11.8. The molecule has 0 spiro atoms. The van der Waals surface area contributed by atoms with Crippen LogP contribution in [0.2, 0.25) is 0 Å². The number of piperazine rings is 1. The van der Waals surface area contributed by atoms with Crippen LogP contribution in [0.4, 0.5) is 0 Å². The van der Waals surface area contributed by atoms with E-state index < -0.39 is 12.1 Å². The van der Waals surface area contributed by atoms with Gasteiger partial charge >= 0.3 is 0 Å². The predicted molar refractivity (Wildman–Crippen MR) is 159 cm³/mol. The minimum absolute atomic E-state index is 0.0870. The van der Waals surface area contributed by atoms with Gasteiger partial charge in [0.2, 0.25) is 35.4 Å². The molecule has 10 atom stereocenters. The van der Waals surface area contributed by atoms with E-state index in [4.69, 9.17) is 0 Å². The average Bonchev–Trinajstić information content (AvgIpc) is 3.88. The van der Waals surface area contributed by atoms with E-state index in [0.29, 0.717) is 12.8 Å². The van der Waals surface area contributed by atoms with E-state index >= 15 is 0 Å². The summed E-state index contributed by atoms with van der Waals surface area (Å²) >= 11 is 0. The van der Waals surface area contributed by atoms with Crippen LogP contribution in [0.3, 0.4) is 0 Å². The average molecular weight is 605 g/mol. The zero-order valence-electron chi connectivity index (χ0n) is 25.8. The van der Waals surface area contributed by atoms with E-state index in [0.717, 1.165) is 38.5 Å². The first-order chi connectivity index (χ1) is 21.3. The number of imide groups is 2. The molecule has 0 radical (unpaired) electrons. The quantitative estimate of drug-likeness (QED) is 0.279. The number of allylic oxidation sites excluding steroid dienone is 4. The number of fused-ring (bicyclic) bond motifs is 10. The maximum Gasteiger partial charge on any atom is 0.245 e. The third kappa shape index (κ3) is 4.33. The number of likely N-dealkylation sites (tertiary alicyclic amines) is 2. The molecule has 0 aromatic heterocycles. The third-order valence-electron chi connectivity index (χ3n) is 11.8. The van der Waals surface area contributed by atoms with Gasteiger partial charge in [-0.15, -0.1) is 0 Å². The molecule has 2 saturated carbocycles. The minimum Gasteiger partial charge on any atom is -0.337 e. The van der Waals surface area contributed by atoms with E-state index in [1.165, 1.54) is 9.80 Å². The summed E-state index contributed by atoms with van der Waals surface area (Å²) in [6.07, 6.45) is 13.9. The fourth-order valence-electron chi connectivity index (χ4n) is 9.55. The lowest BCUT2D eigenvalue weighted by Crippen LogP contribution is -2.59. The van der Waals surface area contributed by atoms with Crippen molar-refractivity contribution in [3.05, 3.63) is 24.3 Å². The maximum absolute atomic E-state index is 14.0. The topological polar surface area (TPSA) is 115 Å². The molecule has 3 heterocycles. The molecular weight excluding hydrogens is 560 g/mol. The summed E-state index contributed by atoms with van der Waals surface area (Å²) in [6, 6.07) is -1.63. The summed E-state index contributed by atoms with van der Waals surface area (Å²) < 4.78 is 0. The summed E-state index contributed by atoms with van der Waals surface area (Å²) in [4.78, 5) is 88.1. The van der Waals surface area contributed by atoms with Crippen LogP contribution in [0.15, 0.2) is 24.3 Å². The van der Waals surface area contributed by atoms with Gasteiger partial charge in [0.15, 0.2) is 0 Å². The van der Waals surface area contributed by atoms with E-state index in [1.54, 1.807) is 9.80 Å². The molecule has 3 aliphatic heterocycles. The van der Waals surface area contributed by atoms with Gasteiger partial charge in [-0.3, -0.25) is 38.6 Å². The second kappa shape index (κ2) is 11.2. The first-order valence-corrected chi connectivity index (χ1v) is 16.9. The van der Waals surface area contributed by atoms with Crippen molar-refractivity contribution in [3.8, 4) is 0 Å². The van der Waals surface area contributed by atoms with Crippen molar-refractivity contribution in [2.24, 2.45) is 47.3 Å². The van der Waals surface area contributed by atoms with Crippen molar-refractivity contribution in [3.63, 3.8) is 0 Å². The number of carbonyl (C=O) groups is 6. The number of nitrogens with zero attached hydrogens (tertiary/aromatic N) is 4. The van der Waals surface area contributed by atoms with E-state index in [-0.39, 0.29) is 109 Å². The van der Waals surface area contributed by atoms with Crippen molar-refractivity contribution >= 4 is 35.4 Å². The fourth-order valence-corrected chi connectivity index (χ4v) is 9.55. The van der Waals surface area contributed by atoms with Gasteiger partial charge in [0.25, 0.3) is 0 Å². The summed E-state index contributed by atoms with van der Waals surface area (Å²) in [5.74, 6) is -2.28. The normalized spacial score (nSPS) is 36.2. The smallest absolute Gasteiger partial charge is 0.245 e. The van der Waals surface area contributed by atoms with Crippen LogP contribution in [0, 0.1) is 47.3 Å². The summed E-state index contributed by atoms with van der Waals surface area (Å²) in [6.45, 7) is 5.18. The molecular formula is C34H44N4O6. The van der Waals surface area contributed by atoms with Crippen LogP contribution in [0.1, 0.15) is 65.2 Å². The number of unbranched alkanes of at least 4 members (excludes halogenated alkanes) is 2. The number of carbonyl (C=O) groups excluding carboxylic acids is 6. The highest BCUT2D eigenvalue weighted by Gasteiger charge is 2.62. The minimum atomic E-state index is -0.817. The van der Waals surface area contributed by atoms with Crippen molar-refractivity contribution < 1.29 is 28.8 Å². The Hall–Kier alpha value is -3.30. The molecule has 0 aromatic carbocycles. The molecule has 4 bridgehead atoms. The molecule has 10 nitrogen and oxygen atoms in total. The summed E-state index contributed by atoms with van der Waals surface area (Å²) in [5.41, 5.74) is 0. The van der Waals surface area contributed by atoms with Gasteiger partial charge in [0.05, 0.1) is 23.7 Å². The number of hydrogen-bond acceptors (Lipinski definition) is 6. The van der Waals surface area contributed by atoms with Crippen LogP contribution >= 0.6 is 0 Å². The van der Waals surface area contributed by atoms with Gasteiger partial charge in [0.1, 0.15) is 12.1 Å². The molecule has 0 aromatic rings. The Morgan fingerprint density at radius 3 is 1.16 bits per heavy atom. The van der Waals surface area contributed by atoms with Crippen LogP contribution in [0.25, 0.3) is 0 Å². The Labute approximate surface area is 258 Å². The van der Waals surface area contributed by atoms with Crippen molar-refractivity contribution in [2.45, 2.75) is 77.3 Å². The highest BCUT2D eigenvalue weighted by molar-refractivity contribution is 6.10. The highest BCUT2D eigenvalue weighted by Crippen LogP contribution is 2.54. The van der Waals surface area contributed by atoms with Gasteiger partial charge in [-0.05, 0) is 49.4 Å². The van der Waals surface area contributed by atoms with Crippen LogP contribution in [-0.4, -0.2) is 93.3 Å². The maximum atomic E-state index is 14.0. The van der Waals surface area contributed by atoms with Crippen molar-refractivity contribution in [2.75, 3.05) is 26.2 Å². The standard InChI is InChI=1S/C34H44N4O6/c1-3-5-7-23(37-31(41)25-19-9-10-20(17-19)26(25)32(37)42)29(39)35-13-15-36(16-14-35)30(40)24(8-6-4-2)38-33(43)27-21-11-12-22(18-21)28(27)34(38)44/h9-12,19-28H,3-8,13-18H2,1-2H3. The Morgan fingerprint density at radius 2 is 0.886 bits per heavy atom. The van der Waals surface area contributed by atoms with Gasteiger partial charge in [-0.1, -0.05) is 63.8 Å². The zero-order valence-corrected chi connectivity index (χ0v) is 25.8. The Bertz CT molecular complexity index is 1170. The second-order valence-corrected chi connectivity index (χ2v) is 14.1. The van der Waals surface area contributed by atoms with Gasteiger partial charge in [-0.25, -0.2) is 0 Å². The van der Waals surface area contributed by atoms with E-state index in [9.17, 15) is 28.8 Å². The number of hydrogen-bond donors (Lipinski definition) is 0. The molecule has 7 aliphatic rings. The molecule has 6 amide bonds. The fraction of sp³-hybridized carbons (Fsp3) is 0.706. The Morgan fingerprint density at radius 1 is 0.591 bits per heavy atom. The first-order valence-electron chi connectivity index (χ1n) is 16.9. The van der Waals surface area contributed by atoms with Crippen LogP contribution in [-0.2, 0) is 28.8 Å². The molecule has 5 fully saturated rings. The van der Waals surface area contributed by atoms with Crippen LogP contribution in [0.5, 0.6) is 0 Å². The molecule has 10 heteroatoms. The van der Waals surface area contributed by atoms with E-state index in [1.807, 2.05) is 13.8 Å². The second-order valence-electron chi connectivity index (χ2n) is 14.1. The highest BCUT2D eigenvalue weighted by atomic mass is 16.2. The summed E-state index contributed by atoms with van der Waals surface area (Å²) in [5, 5.41) is 0. The zero-order chi connectivity index (χ0) is 30.9. The van der Waals surface area contributed by atoms with Gasteiger partial charge in [-0.2, -0.15) is 0 Å². The largest absolute Gasteiger partial charge is 0.337 e. The molecule has 44 heavy (non-hydrogen) atoms. The SMILES string of the molecule is CCCCC(C(=O)N1CCN(C(=O)C(CCCC)N2C(=O)C3C4C=CC(C4)C3C2=O)CC1)N1C(=O)C2C3C=CC(C3)C2C1=O. The lowest BCUT2D eigenvalue weighted by molar-refractivity contribution is -0.156. The number of amides is 6. The van der Waals surface area contributed by atoms with Gasteiger partial charge < -0.3 is 9.80 Å². The first kappa shape index (κ1) is 29.4. The molecule has 10 unspecified atom stereocenters. The lowest BCUT2D eigenvalue weighted by Gasteiger charge is -2.40. The predicted octanol–water partition coefficient (Wildman–Crippen LogP) is 2.39. The number of rotatable bonds is 10. The van der Waals surface area contributed by atoms with Crippen molar-refractivity contribution in [1.82, 2.24) is 19.6 Å². The van der Waals surface area contributed by atoms with Crippen molar-refractivity contribution in [1.29, 1.82) is 0 Å². The molecule has 7 rings (SSSR count).